The average Bonchev–Trinajstić information content (AvgIpc) is 3.67. The zero-order chi connectivity index (χ0) is 36.0. The summed E-state index contributed by atoms with van der Waals surface area (Å²) in [5.74, 6) is -1.84. The van der Waals surface area contributed by atoms with Crippen molar-refractivity contribution in [3.63, 3.8) is 0 Å². The van der Waals surface area contributed by atoms with Crippen molar-refractivity contribution in [2.24, 2.45) is 18.4 Å². The van der Waals surface area contributed by atoms with Gasteiger partial charge in [0, 0.05) is 29.0 Å². The first kappa shape index (κ1) is 35.8. The molecular weight excluding hydrogens is 679 g/mol. The zero-order valence-corrected chi connectivity index (χ0v) is 30.5. The smallest absolute Gasteiger partial charge is 0.306 e. The van der Waals surface area contributed by atoms with Crippen molar-refractivity contribution >= 4 is 38.5 Å². The summed E-state index contributed by atoms with van der Waals surface area (Å²) in [6.07, 6.45) is 3.98. The number of nitrogens with zero attached hydrogens (tertiary/aromatic N) is 3. The molecule has 0 spiro atoms. The number of H-pyrrole nitrogens is 1. The quantitative estimate of drug-likeness (QED) is 0.193. The van der Waals surface area contributed by atoms with Crippen molar-refractivity contribution in [3.8, 4) is 11.4 Å². The largest absolute Gasteiger partial charge is 0.481 e. The van der Waals surface area contributed by atoms with Crippen molar-refractivity contribution in [1.29, 1.82) is 0 Å². The Kier molecular flexibility index (Phi) is 9.73. The third-order valence-electron chi connectivity index (χ3n) is 9.85. The molecule has 2 N–H and O–H groups in total. The number of hydrogen-bond acceptors (Lipinski definition) is 6. The molecule has 0 amide bonds. The lowest BCUT2D eigenvalue weighted by Crippen LogP contribution is -2.29. The van der Waals surface area contributed by atoms with Gasteiger partial charge in [0.15, 0.2) is 21.5 Å². The highest BCUT2D eigenvalue weighted by Gasteiger charge is 2.36. The molecule has 264 valence electrons. The summed E-state index contributed by atoms with van der Waals surface area (Å²) in [5, 5.41) is 15.1. The number of aryl methyl sites for hydroxylation is 2. The molecule has 12 heteroatoms. The van der Waals surface area contributed by atoms with Gasteiger partial charge >= 0.3 is 5.97 Å². The Morgan fingerprint density at radius 3 is 2.62 bits per heavy atom. The van der Waals surface area contributed by atoms with Gasteiger partial charge in [-0.3, -0.25) is 4.79 Å². The minimum absolute atomic E-state index is 0.0271. The molecule has 2 atom stereocenters. The molecule has 0 unspecified atom stereocenters. The number of sulfone groups is 1. The fourth-order valence-electron chi connectivity index (χ4n) is 7.08. The number of halogens is 2. The van der Waals surface area contributed by atoms with Crippen LogP contribution >= 0.6 is 11.8 Å². The second kappa shape index (κ2) is 13.6. The van der Waals surface area contributed by atoms with Crippen molar-refractivity contribution in [3.05, 3.63) is 94.9 Å². The van der Waals surface area contributed by atoms with Gasteiger partial charge in [0.05, 0.1) is 33.3 Å². The summed E-state index contributed by atoms with van der Waals surface area (Å²) in [4.78, 5) is 20.5. The van der Waals surface area contributed by atoms with Crippen LogP contribution in [0.5, 0.6) is 0 Å². The fraction of sp³-hybridized carbons (Fsp3) is 0.395. The maximum absolute atomic E-state index is 15.8. The molecule has 3 aromatic carbocycles. The topological polar surface area (TPSA) is 118 Å². The van der Waals surface area contributed by atoms with Crippen LogP contribution < -0.4 is 0 Å². The van der Waals surface area contributed by atoms with Crippen LogP contribution in [0.3, 0.4) is 0 Å². The first-order chi connectivity index (χ1) is 23.5. The molecule has 5 aromatic rings. The van der Waals surface area contributed by atoms with Gasteiger partial charge in [-0.15, -0.1) is 0 Å². The summed E-state index contributed by atoms with van der Waals surface area (Å²) in [6.45, 7) is 7.60. The van der Waals surface area contributed by atoms with Gasteiger partial charge in [-0.2, -0.15) is 5.10 Å². The monoisotopic (exact) mass is 720 g/mol. The first-order valence-electron chi connectivity index (χ1n) is 16.8. The maximum Gasteiger partial charge on any atom is 0.306 e. The van der Waals surface area contributed by atoms with Crippen LogP contribution in [0.25, 0.3) is 22.3 Å². The molecule has 0 radical (unpaired) electrons. The number of rotatable bonds is 4. The molecule has 4 bridgehead atoms. The normalized spacial score (nSPS) is 20.1. The number of benzene rings is 3. The van der Waals surface area contributed by atoms with Gasteiger partial charge in [0.2, 0.25) is 0 Å². The van der Waals surface area contributed by atoms with E-state index in [-0.39, 0.29) is 23.5 Å². The van der Waals surface area contributed by atoms with Gasteiger partial charge in [-0.1, -0.05) is 63.2 Å². The van der Waals surface area contributed by atoms with E-state index in [4.69, 9.17) is 10.1 Å². The number of hydrogen-bond donors (Lipinski definition) is 2. The summed E-state index contributed by atoms with van der Waals surface area (Å²) in [7, 11) is -1.84. The lowest BCUT2D eigenvalue weighted by Gasteiger charge is -2.31. The lowest BCUT2D eigenvalue weighted by molar-refractivity contribution is -0.141. The third kappa shape index (κ3) is 7.37. The van der Waals surface area contributed by atoms with E-state index in [1.165, 1.54) is 12.1 Å². The minimum atomic E-state index is -3.55. The number of aliphatic carboxylic acids is 1. The van der Waals surface area contributed by atoms with Crippen LogP contribution in [-0.2, 0) is 39.9 Å². The van der Waals surface area contributed by atoms with E-state index in [9.17, 15) is 18.3 Å². The van der Waals surface area contributed by atoms with Gasteiger partial charge in [0.1, 0.15) is 11.6 Å². The summed E-state index contributed by atoms with van der Waals surface area (Å²) in [5.41, 5.74) is 1.80. The molecule has 1 aliphatic rings. The van der Waals surface area contributed by atoms with E-state index in [2.05, 4.69) is 4.98 Å². The molecule has 0 aliphatic carbocycles. The van der Waals surface area contributed by atoms with Gasteiger partial charge in [-0.25, -0.2) is 26.9 Å². The summed E-state index contributed by atoms with van der Waals surface area (Å²) >= 11 is 1.13. The highest BCUT2D eigenvalue weighted by molar-refractivity contribution is 7.99. The lowest BCUT2D eigenvalue weighted by atomic mass is 9.75. The van der Waals surface area contributed by atoms with Crippen molar-refractivity contribution in [2.45, 2.75) is 75.0 Å². The predicted octanol–water partition coefficient (Wildman–Crippen LogP) is 8.13. The van der Waals surface area contributed by atoms with Crippen LogP contribution in [0.4, 0.5) is 8.78 Å². The number of aromatic nitrogens is 4. The second-order valence-corrected chi connectivity index (χ2v) is 17.8. The van der Waals surface area contributed by atoms with E-state index in [0.717, 1.165) is 28.3 Å². The molecule has 1 aliphatic heterocycles. The molecule has 50 heavy (non-hydrogen) atoms. The Morgan fingerprint density at radius 2 is 1.86 bits per heavy atom. The van der Waals surface area contributed by atoms with E-state index in [1.54, 1.807) is 37.0 Å². The molecule has 0 saturated heterocycles. The van der Waals surface area contributed by atoms with E-state index < -0.39 is 44.2 Å². The van der Waals surface area contributed by atoms with Gasteiger partial charge < -0.3 is 10.1 Å². The summed E-state index contributed by atoms with van der Waals surface area (Å²) in [6, 6.07) is 15.5. The van der Waals surface area contributed by atoms with Crippen molar-refractivity contribution < 1.29 is 27.1 Å². The average molecular weight is 721 g/mol. The highest BCUT2D eigenvalue weighted by atomic mass is 32.2. The third-order valence-corrected chi connectivity index (χ3v) is 13.0. The Labute approximate surface area is 295 Å². The standard InChI is InChI=1S/C38H42F2N4O4S2/c1-23(35(45)46)18-24-8-6-9-25(19-24)38(4)15-7-14-37(2,3)22-50(47,48)17-13-28-27-12-16-41-32(27)21-31(40)33(28)49-26-10-11-30(39)29(20-26)34-42-36(38)43-44(34)5/h6,8-12,16,19-21,23,41H,7,13-15,17-18,22H2,1-5H3,(H,45,46)/t23-,38+/m0/s1. The second-order valence-electron chi connectivity index (χ2n) is 14.6. The number of fused-ring (bicyclic) bond motifs is 8. The van der Waals surface area contributed by atoms with Crippen LogP contribution in [0.2, 0.25) is 0 Å². The SMILES string of the molecule is C[C@@H](Cc1cccc([C@@]2(C)CCCC(C)(C)CS(=O)(=O)CCc3c(c(F)cc4[nH]ccc34)Sc3ccc(F)c(c3)-c3nc2nn3C)c1)C(=O)O. The van der Waals surface area contributed by atoms with Crippen LogP contribution in [-0.4, -0.2) is 50.7 Å². The molecule has 8 nitrogen and oxygen atoms in total. The van der Waals surface area contributed by atoms with Crippen LogP contribution in [0.15, 0.2) is 70.6 Å². The van der Waals surface area contributed by atoms with Crippen LogP contribution in [0.1, 0.15) is 69.5 Å². The van der Waals surface area contributed by atoms with Gasteiger partial charge in [0.25, 0.3) is 0 Å². The van der Waals surface area contributed by atoms with E-state index in [0.29, 0.717) is 58.2 Å². The molecule has 3 heterocycles. The fourth-order valence-corrected chi connectivity index (χ4v) is 10.1. The Hall–Kier alpha value is -4.03. The van der Waals surface area contributed by atoms with Crippen molar-refractivity contribution in [2.75, 3.05) is 11.5 Å². The Bertz CT molecular complexity index is 2190. The molecule has 6 rings (SSSR count). The van der Waals surface area contributed by atoms with Crippen molar-refractivity contribution in [1.82, 2.24) is 19.7 Å². The highest BCUT2D eigenvalue weighted by Crippen LogP contribution is 2.42. The summed E-state index contributed by atoms with van der Waals surface area (Å²) < 4.78 is 60.3. The van der Waals surface area contributed by atoms with E-state index >= 15 is 8.78 Å². The van der Waals surface area contributed by atoms with Gasteiger partial charge in [-0.05, 0) is 85.0 Å². The number of nitrogens with one attached hydrogen (secondary N) is 1. The van der Waals surface area contributed by atoms with E-state index in [1.807, 2.05) is 51.1 Å². The van der Waals surface area contributed by atoms with Crippen LogP contribution in [0, 0.1) is 23.0 Å². The number of carboxylic acids is 1. The Balaban J connectivity index is 1.50. The predicted molar refractivity (Wildman–Crippen MR) is 192 cm³/mol. The number of carboxylic acid groups (broad SMARTS) is 1. The molecule has 0 saturated carbocycles. The zero-order valence-electron chi connectivity index (χ0n) is 28.9. The maximum atomic E-state index is 15.8. The molecular formula is C38H42F2N4O4S2. The minimum Gasteiger partial charge on any atom is -0.481 e. The Morgan fingerprint density at radius 1 is 1.08 bits per heavy atom. The first-order valence-corrected chi connectivity index (χ1v) is 19.4. The number of aromatic amines is 1. The number of carbonyl (C=O) groups is 1. The molecule has 2 aromatic heterocycles. The molecule has 0 fully saturated rings.